The van der Waals surface area contributed by atoms with Crippen LogP contribution in [0.2, 0.25) is 0 Å². The summed E-state index contributed by atoms with van der Waals surface area (Å²) in [6.45, 7) is 0. The summed E-state index contributed by atoms with van der Waals surface area (Å²) in [6, 6.07) is 0.659. The fraction of sp³-hybridized carbons (Fsp3) is 0.818. The van der Waals surface area contributed by atoms with Crippen LogP contribution in [0.4, 0.5) is 0 Å². The fourth-order valence-electron chi connectivity index (χ4n) is 2.23. The smallest absolute Gasteiger partial charge is 0.243 e. The van der Waals surface area contributed by atoms with E-state index in [0.29, 0.717) is 11.9 Å². The quantitative estimate of drug-likeness (QED) is 0.750. The minimum Gasteiger partial charge on any atom is -0.474 e. The van der Waals surface area contributed by atoms with Gasteiger partial charge in [-0.05, 0) is 39.8 Å². The van der Waals surface area contributed by atoms with Gasteiger partial charge in [0.15, 0.2) is 0 Å². The molecule has 5 heteroatoms. The van der Waals surface area contributed by atoms with Gasteiger partial charge in [-0.25, -0.2) is 9.98 Å². The van der Waals surface area contributed by atoms with Crippen LogP contribution in [0.5, 0.6) is 0 Å². The molecule has 2 rings (SSSR count). The van der Waals surface area contributed by atoms with E-state index in [2.05, 4.69) is 29.0 Å². The molecular weight excluding hydrogens is 206 g/mol. The zero-order valence-electron chi connectivity index (χ0n) is 9.83. The average molecular weight is 225 g/mol. The largest absolute Gasteiger partial charge is 0.474 e. The number of aliphatic hydroxyl groups is 1. The van der Waals surface area contributed by atoms with Gasteiger partial charge in [-0.1, -0.05) is 0 Å². The van der Waals surface area contributed by atoms with Gasteiger partial charge in [0.25, 0.3) is 0 Å². The van der Waals surface area contributed by atoms with Gasteiger partial charge in [-0.15, -0.1) is 0 Å². The molecule has 0 radical (unpaired) electrons. The second-order valence-corrected chi connectivity index (χ2v) is 4.62. The highest BCUT2D eigenvalue weighted by atomic mass is 16.5. The van der Waals surface area contributed by atoms with E-state index in [-0.39, 0.29) is 6.10 Å². The van der Waals surface area contributed by atoms with Crippen molar-refractivity contribution in [2.24, 2.45) is 9.98 Å². The molecule has 1 atom stereocenters. The number of hydrogen-bond acceptors (Lipinski definition) is 5. The van der Waals surface area contributed by atoms with Crippen LogP contribution >= 0.6 is 0 Å². The van der Waals surface area contributed by atoms with Crippen LogP contribution in [0.1, 0.15) is 25.7 Å². The number of nitrogens with zero attached hydrogens (tertiary/aromatic N) is 3. The normalized spacial score (nSPS) is 34.2. The summed E-state index contributed by atoms with van der Waals surface area (Å²) in [5, 5.41) is 9.40. The lowest BCUT2D eigenvalue weighted by Gasteiger charge is -2.32. The van der Waals surface area contributed by atoms with Crippen molar-refractivity contribution in [3.63, 3.8) is 0 Å². The van der Waals surface area contributed by atoms with E-state index < -0.39 is 6.23 Å². The topological polar surface area (TPSA) is 57.4 Å². The summed E-state index contributed by atoms with van der Waals surface area (Å²) in [6.07, 6.45) is 4.98. The van der Waals surface area contributed by atoms with Gasteiger partial charge < -0.3 is 14.7 Å². The Kier molecular flexibility index (Phi) is 3.56. The summed E-state index contributed by atoms with van der Waals surface area (Å²) in [5.41, 5.74) is 0. The number of aliphatic imine (C=N–C) groups is 2. The first-order valence-corrected chi connectivity index (χ1v) is 5.77. The van der Waals surface area contributed by atoms with Gasteiger partial charge in [0.1, 0.15) is 12.4 Å². The third-order valence-electron chi connectivity index (χ3n) is 3.28. The highest BCUT2D eigenvalue weighted by molar-refractivity contribution is 5.92. The van der Waals surface area contributed by atoms with Gasteiger partial charge in [0, 0.05) is 6.04 Å². The SMILES string of the molecule is CN(C)C1CCC(OC2=NC=NC2O)CC1. The zero-order valence-corrected chi connectivity index (χ0v) is 9.83. The summed E-state index contributed by atoms with van der Waals surface area (Å²) >= 11 is 0. The Morgan fingerprint density at radius 2 is 2.00 bits per heavy atom. The Bertz CT molecular complexity index is 294. The third-order valence-corrected chi connectivity index (χ3v) is 3.28. The van der Waals surface area contributed by atoms with Crippen LogP contribution in [-0.4, -0.2) is 54.7 Å². The first-order chi connectivity index (χ1) is 7.66. The third kappa shape index (κ3) is 2.59. The summed E-state index contributed by atoms with van der Waals surface area (Å²) in [5.74, 6) is 0.355. The maximum Gasteiger partial charge on any atom is 0.243 e. The van der Waals surface area contributed by atoms with Crippen molar-refractivity contribution in [2.75, 3.05) is 14.1 Å². The van der Waals surface area contributed by atoms with Gasteiger partial charge in [-0.3, -0.25) is 0 Å². The molecule has 0 aromatic carbocycles. The summed E-state index contributed by atoms with van der Waals surface area (Å²) in [4.78, 5) is 9.89. The molecule has 90 valence electrons. The minimum absolute atomic E-state index is 0.186. The van der Waals surface area contributed by atoms with Gasteiger partial charge in [0.2, 0.25) is 12.1 Å². The first-order valence-electron chi connectivity index (χ1n) is 5.77. The maximum atomic E-state index is 9.40. The van der Waals surface area contributed by atoms with Crippen LogP contribution in [-0.2, 0) is 4.74 Å². The van der Waals surface area contributed by atoms with Crippen LogP contribution in [0.15, 0.2) is 9.98 Å². The predicted molar refractivity (Wildman–Crippen MR) is 62.7 cm³/mol. The molecule has 1 unspecified atom stereocenters. The molecule has 2 aliphatic rings. The molecule has 1 saturated carbocycles. The Morgan fingerprint density at radius 3 is 2.50 bits per heavy atom. The molecule has 1 aliphatic carbocycles. The summed E-state index contributed by atoms with van der Waals surface area (Å²) in [7, 11) is 4.23. The lowest BCUT2D eigenvalue weighted by molar-refractivity contribution is 0.0852. The van der Waals surface area contributed by atoms with E-state index in [1.165, 1.54) is 6.34 Å². The van der Waals surface area contributed by atoms with Crippen molar-refractivity contribution in [3.05, 3.63) is 0 Å². The molecule has 0 aromatic rings. The highest BCUT2D eigenvalue weighted by Gasteiger charge is 2.26. The highest BCUT2D eigenvalue weighted by Crippen LogP contribution is 2.24. The van der Waals surface area contributed by atoms with Gasteiger partial charge in [0.05, 0.1) is 0 Å². The standard InChI is InChI=1S/C11H19N3O2/c1-14(2)8-3-5-9(6-4-8)16-11-10(15)12-7-13-11/h7-10,15H,3-6H2,1-2H3. The van der Waals surface area contributed by atoms with Crippen molar-refractivity contribution in [2.45, 2.75) is 44.1 Å². The van der Waals surface area contributed by atoms with Crippen molar-refractivity contribution in [3.8, 4) is 0 Å². The molecular formula is C11H19N3O2. The van der Waals surface area contributed by atoms with E-state index in [4.69, 9.17) is 4.74 Å². The molecule has 16 heavy (non-hydrogen) atoms. The molecule has 1 heterocycles. The second kappa shape index (κ2) is 4.93. The van der Waals surface area contributed by atoms with E-state index >= 15 is 0 Å². The van der Waals surface area contributed by atoms with E-state index in [0.717, 1.165) is 25.7 Å². The number of hydrogen-bond donors (Lipinski definition) is 1. The van der Waals surface area contributed by atoms with Crippen molar-refractivity contribution < 1.29 is 9.84 Å². The van der Waals surface area contributed by atoms with Crippen molar-refractivity contribution in [1.82, 2.24) is 4.90 Å². The van der Waals surface area contributed by atoms with Gasteiger partial charge in [-0.2, -0.15) is 0 Å². The molecule has 0 aromatic heterocycles. The predicted octanol–water partition coefficient (Wildman–Crippen LogP) is 0.635. The van der Waals surface area contributed by atoms with Crippen LogP contribution in [0, 0.1) is 0 Å². The average Bonchev–Trinajstić information content (AvgIpc) is 2.65. The molecule has 0 saturated heterocycles. The number of aliphatic hydroxyl groups excluding tert-OH is 1. The molecule has 0 amide bonds. The van der Waals surface area contributed by atoms with E-state index in [9.17, 15) is 5.11 Å². The Hall–Kier alpha value is -0.940. The Labute approximate surface area is 95.8 Å². The van der Waals surface area contributed by atoms with Crippen LogP contribution < -0.4 is 0 Å². The molecule has 0 bridgehead atoms. The Morgan fingerprint density at radius 1 is 1.31 bits per heavy atom. The monoisotopic (exact) mass is 225 g/mol. The van der Waals surface area contributed by atoms with E-state index in [1.54, 1.807) is 0 Å². The molecule has 1 fully saturated rings. The second-order valence-electron chi connectivity index (χ2n) is 4.62. The Balaban J connectivity index is 1.78. The van der Waals surface area contributed by atoms with Gasteiger partial charge >= 0.3 is 0 Å². The van der Waals surface area contributed by atoms with Crippen molar-refractivity contribution >= 4 is 12.2 Å². The van der Waals surface area contributed by atoms with Crippen LogP contribution in [0.25, 0.3) is 0 Å². The maximum absolute atomic E-state index is 9.40. The fourth-order valence-corrected chi connectivity index (χ4v) is 2.23. The number of ether oxygens (including phenoxy) is 1. The molecule has 1 aliphatic heterocycles. The first kappa shape index (κ1) is 11.5. The minimum atomic E-state index is -0.883. The molecule has 1 N–H and O–H groups in total. The molecule has 0 spiro atoms. The number of rotatable bonds is 2. The molecule has 5 nitrogen and oxygen atoms in total. The summed E-state index contributed by atoms with van der Waals surface area (Å²) < 4.78 is 5.65. The lowest BCUT2D eigenvalue weighted by atomic mass is 9.92. The van der Waals surface area contributed by atoms with Crippen LogP contribution in [0.3, 0.4) is 0 Å². The van der Waals surface area contributed by atoms with Crippen molar-refractivity contribution in [1.29, 1.82) is 0 Å². The van der Waals surface area contributed by atoms with E-state index in [1.807, 2.05) is 0 Å². The zero-order chi connectivity index (χ0) is 11.5. The lowest BCUT2D eigenvalue weighted by Crippen LogP contribution is -2.36.